The van der Waals surface area contributed by atoms with E-state index in [4.69, 9.17) is 4.74 Å². The highest BCUT2D eigenvalue weighted by molar-refractivity contribution is 7.15. The molecule has 0 radical (unpaired) electrons. The van der Waals surface area contributed by atoms with Crippen molar-refractivity contribution in [1.29, 1.82) is 0 Å². The average Bonchev–Trinajstić information content (AvgIpc) is 2.97. The van der Waals surface area contributed by atoms with Gasteiger partial charge in [-0.3, -0.25) is 9.59 Å². The number of aryl methyl sites for hydroxylation is 2. The molecule has 0 aliphatic rings. The normalized spacial score (nSPS) is 10.3. The molecule has 0 saturated heterocycles. The summed E-state index contributed by atoms with van der Waals surface area (Å²) in [7, 11) is 0. The molecule has 0 spiro atoms. The van der Waals surface area contributed by atoms with Crippen LogP contribution in [0, 0.1) is 13.8 Å². The van der Waals surface area contributed by atoms with Crippen LogP contribution in [0.15, 0.2) is 30.3 Å². The smallest absolute Gasteiger partial charge is 0.348 e. The van der Waals surface area contributed by atoms with Gasteiger partial charge in [0.2, 0.25) is 0 Å². The summed E-state index contributed by atoms with van der Waals surface area (Å²) < 4.78 is 5.02. The third-order valence-corrected chi connectivity index (χ3v) is 4.48. The van der Waals surface area contributed by atoms with Crippen molar-refractivity contribution in [2.24, 2.45) is 0 Å². The zero-order valence-electron chi connectivity index (χ0n) is 12.6. The fourth-order valence-corrected chi connectivity index (χ4v) is 2.63. The zero-order chi connectivity index (χ0) is 16.3. The van der Waals surface area contributed by atoms with Gasteiger partial charge in [0.05, 0.1) is 4.88 Å². The van der Waals surface area contributed by atoms with E-state index in [0.717, 1.165) is 22.5 Å². The fourth-order valence-electron chi connectivity index (χ4n) is 1.84. The maximum Gasteiger partial charge on any atom is 0.348 e. The Morgan fingerprint density at radius 1 is 1.00 bits per heavy atom. The predicted molar refractivity (Wildman–Crippen MR) is 84.9 cm³/mol. The van der Waals surface area contributed by atoms with Crippen LogP contribution in [-0.4, -0.2) is 24.1 Å². The molecule has 1 aromatic heterocycles. The van der Waals surface area contributed by atoms with Crippen LogP contribution in [0.3, 0.4) is 0 Å². The minimum absolute atomic E-state index is 0.102. The van der Waals surface area contributed by atoms with E-state index < -0.39 is 5.97 Å². The number of thiophene rings is 1. The maximum absolute atomic E-state index is 12.0. The molecular weight excluding hydrogens is 300 g/mol. The summed E-state index contributed by atoms with van der Waals surface area (Å²) in [5, 5.41) is 0. The molecule has 0 bridgehead atoms. The van der Waals surface area contributed by atoms with Gasteiger partial charge in [-0.15, -0.1) is 11.3 Å². The van der Waals surface area contributed by atoms with Gasteiger partial charge in [0.15, 0.2) is 18.2 Å². The van der Waals surface area contributed by atoms with Gasteiger partial charge < -0.3 is 4.74 Å². The summed E-state index contributed by atoms with van der Waals surface area (Å²) in [5.74, 6) is -0.940. The third-order valence-electron chi connectivity index (χ3n) is 3.32. The Morgan fingerprint density at radius 3 is 2.27 bits per heavy atom. The molecule has 114 valence electrons. The first-order valence-corrected chi connectivity index (χ1v) is 7.58. The van der Waals surface area contributed by atoms with E-state index in [-0.39, 0.29) is 18.2 Å². The molecule has 0 amide bonds. The minimum Gasteiger partial charge on any atom is -0.453 e. The Bertz CT molecular complexity index is 743. The van der Waals surface area contributed by atoms with Crippen molar-refractivity contribution < 1.29 is 19.1 Å². The van der Waals surface area contributed by atoms with Crippen LogP contribution in [0.5, 0.6) is 0 Å². The molecule has 4 nitrogen and oxygen atoms in total. The monoisotopic (exact) mass is 316 g/mol. The SMILES string of the molecule is CC(=O)c1ccc(C(=O)OCC(=O)c2ccc(C)c(C)c2)s1. The van der Waals surface area contributed by atoms with Crippen LogP contribution in [0.2, 0.25) is 0 Å². The number of ketones is 2. The molecule has 0 N–H and O–H groups in total. The maximum atomic E-state index is 12.0. The van der Waals surface area contributed by atoms with Gasteiger partial charge in [0.1, 0.15) is 4.88 Å². The van der Waals surface area contributed by atoms with Gasteiger partial charge >= 0.3 is 5.97 Å². The van der Waals surface area contributed by atoms with Crippen molar-refractivity contribution >= 4 is 28.9 Å². The number of ether oxygens (including phenoxy) is 1. The summed E-state index contributed by atoms with van der Waals surface area (Å²) in [4.78, 5) is 35.9. The zero-order valence-corrected chi connectivity index (χ0v) is 13.5. The lowest BCUT2D eigenvalue weighted by molar-refractivity contribution is 0.0479. The fraction of sp³-hybridized carbons (Fsp3) is 0.235. The summed E-state index contributed by atoms with van der Waals surface area (Å²) >= 11 is 1.07. The van der Waals surface area contributed by atoms with Crippen LogP contribution in [-0.2, 0) is 4.74 Å². The molecule has 0 atom stereocenters. The van der Waals surface area contributed by atoms with Crippen molar-refractivity contribution in [2.45, 2.75) is 20.8 Å². The highest BCUT2D eigenvalue weighted by atomic mass is 32.1. The molecule has 22 heavy (non-hydrogen) atoms. The Morgan fingerprint density at radius 2 is 1.68 bits per heavy atom. The molecule has 2 rings (SSSR count). The van der Waals surface area contributed by atoms with Gasteiger partial charge in [0.25, 0.3) is 0 Å². The third kappa shape index (κ3) is 3.68. The lowest BCUT2D eigenvalue weighted by Gasteiger charge is -2.05. The number of carbonyl (C=O) groups is 3. The molecule has 0 unspecified atom stereocenters. The first-order valence-electron chi connectivity index (χ1n) is 6.77. The summed E-state index contributed by atoms with van der Waals surface area (Å²) in [6.45, 7) is 5.01. The number of rotatable bonds is 5. The first-order chi connectivity index (χ1) is 10.4. The second-order valence-electron chi connectivity index (χ2n) is 5.02. The van der Waals surface area contributed by atoms with E-state index in [1.165, 1.54) is 13.0 Å². The Kier molecular flexibility index (Phi) is 4.88. The van der Waals surface area contributed by atoms with E-state index >= 15 is 0 Å². The van der Waals surface area contributed by atoms with Crippen molar-refractivity contribution in [2.75, 3.05) is 6.61 Å². The summed E-state index contributed by atoms with van der Waals surface area (Å²) in [6, 6.07) is 8.48. The second-order valence-corrected chi connectivity index (χ2v) is 6.10. The van der Waals surface area contributed by atoms with Gasteiger partial charge in [-0.2, -0.15) is 0 Å². The number of benzene rings is 1. The van der Waals surface area contributed by atoms with Gasteiger partial charge in [-0.25, -0.2) is 4.79 Å². The Labute approximate surface area is 132 Å². The highest BCUT2D eigenvalue weighted by Crippen LogP contribution is 2.18. The molecule has 0 aliphatic heterocycles. The molecule has 1 aromatic carbocycles. The molecule has 0 saturated carbocycles. The van der Waals surface area contributed by atoms with Crippen LogP contribution in [0.25, 0.3) is 0 Å². The van der Waals surface area contributed by atoms with Crippen molar-refractivity contribution in [3.8, 4) is 0 Å². The number of Topliss-reactive ketones (excluding diaryl/α,β-unsaturated/α-hetero) is 2. The molecule has 5 heteroatoms. The minimum atomic E-state index is -0.588. The van der Waals surface area contributed by atoms with Crippen molar-refractivity contribution in [3.63, 3.8) is 0 Å². The molecule has 1 heterocycles. The molecule has 2 aromatic rings. The molecular formula is C17H16O4S. The number of esters is 1. The standard InChI is InChI=1S/C17H16O4S/c1-10-4-5-13(8-11(10)2)14(19)9-21-17(20)16-7-6-15(22-16)12(3)18/h4-8H,9H2,1-3H3. The number of carbonyl (C=O) groups excluding carboxylic acids is 3. The van der Waals surface area contributed by atoms with Crippen molar-refractivity contribution in [1.82, 2.24) is 0 Å². The van der Waals surface area contributed by atoms with Gasteiger partial charge in [0, 0.05) is 5.56 Å². The summed E-state index contributed by atoms with van der Waals surface area (Å²) in [5.41, 5.74) is 2.64. The highest BCUT2D eigenvalue weighted by Gasteiger charge is 2.15. The lowest BCUT2D eigenvalue weighted by atomic mass is 10.0. The van der Waals surface area contributed by atoms with Crippen LogP contribution >= 0.6 is 11.3 Å². The van der Waals surface area contributed by atoms with E-state index in [9.17, 15) is 14.4 Å². The Balaban J connectivity index is 1.99. The van der Waals surface area contributed by atoms with Gasteiger partial charge in [-0.1, -0.05) is 12.1 Å². The van der Waals surface area contributed by atoms with E-state index in [1.54, 1.807) is 18.2 Å². The second kappa shape index (κ2) is 6.66. The lowest BCUT2D eigenvalue weighted by Crippen LogP contribution is -2.13. The van der Waals surface area contributed by atoms with E-state index in [2.05, 4.69) is 0 Å². The predicted octanol–water partition coefficient (Wildman–Crippen LogP) is 3.61. The first kappa shape index (κ1) is 16.1. The topological polar surface area (TPSA) is 60.4 Å². The number of hydrogen-bond acceptors (Lipinski definition) is 5. The van der Waals surface area contributed by atoms with Crippen molar-refractivity contribution in [3.05, 3.63) is 56.8 Å². The van der Waals surface area contributed by atoms with Crippen LogP contribution < -0.4 is 0 Å². The van der Waals surface area contributed by atoms with E-state index in [1.807, 2.05) is 19.9 Å². The Hall–Kier alpha value is -2.27. The van der Waals surface area contributed by atoms with Crippen LogP contribution in [0.4, 0.5) is 0 Å². The molecule has 0 fully saturated rings. The average molecular weight is 316 g/mol. The van der Waals surface area contributed by atoms with Gasteiger partial charge in [-0.05, 0) is 50.1 Å². The number of hydrogen-bond donors (Lipinski definition) is 0. The quantitative estimate of drug-likeness (QED) is 0.624. The summed E-state index contributed by atoms with van der Waals surface area (Å²) in [6.07, 6.45) is 0. The van der Waals surface area contributed by atoms with Crippen LogP contribution in [0.1, 0.15) is 47.8 Å². The molecule has 0 aliphatic carbocycles. The van der Waals surface area contributed by atoms with E-state index in [0.29, 0.717) is 15.3 Å². The largest absolute Gasteiger partial charge is 0.453 e.